The fraction of sp³-hybridized carbons (Fsp3) is 0.167. The fourth-order valence-corrected chi connectivity index (χ4v) is 1.82. The van der Waals surface area contributed by atoms with Crippen molar-refractivity contribution in [1.29, 1.82) is 0 Å². The number of aromatic nitrogens is 2. The number of nitrogens with two attached hydrogens (primary N) is 1. The Hall–Kier alpha value is -1.24. The van der Waals surface area contributed by atoms with E-state index < -0.39 is 0 Å². The second kappa shape index (κ2) is 4.56. The second-order valence-corrected chi connectivity index (χ2v) is 4.93. The molecule has 17 heavy (non-hydrogen) atoms. The van der Waals surface area contributed by atoms with Crippen molar-refractivity contribution in [3.8, 4) is 11.4 Å². The number of hydrogen-bond donors (Lipinski definition) is 1. The molecule has 2 rings (SSSR count). The zero-order chi connectivity index (χ0) is 12.6. The summed E-state index contributed by atoms with van der Waals surface area (Å²) >= 11 is 2.09. The van der Waals surface area contributed by atoms with Gasteiger partial charge in [-0.15, -0.1) is 0 Å². The Morgan fingerprint density at radius 2 is 1.88 bits per heavy atom. The topological polar surface area (TPSA) is 51.8 Å². The minimum Gasteiger partial charge on any atom is -0.383 e. The Bertz CT molecular complexity index is 541. The molecule has 0 radical (unpaired) electrons. The number of nitrogen functional groups attached to an aromatic ring is 1. The van der Waals surface area contributed by atoms with Crippen LogP contribution in [0.15, 0.2) is 18.2 Å². The van der Waals surface area contributed by atoms with Gasteiger partial charge < -0.3 is 5.73 Å². The van der Waals surface area contributed by atoms with Gasteiger partial charge in [-0.1, -0.05) is 0 Å². The highest BCUT2D eigenvalue weighted by atomic mass is 127. The highest BCUT2D eigenvalue weighted by molar-refractivity contribution is 14.1. The molecule has 88 valence electrons. The number of benzene rings is 1. The van der Waals surface area contributed by atoms with Crippen LogP contribution in [-0.4, -0.2) is 9.97 Å². The van der Waals surface area contributed by atoms with Crippen LogP contribution in [0.3, 0.4) is 0 Å². The van der Waals surface area contributed by atoms with Gasteiger partial charge in [-0.3, -0.25) is 0 Å². The third-order valence-electron chi connectivity index (χ3n) is 2.34. The lowest BCUT2D eigenvalue weighted by Crippen LogP contribution is -2.02. The average Bonchev–Trinajstić information content (AvgIpc) is 2.23. The summed E-state index contributed by atoms with van der Waals surface area (Å²) in [6.07, 6.45) is 0. The molecule has 0 fully saturated rings. The molecule has 2 N–H and O–H groups in total. The standard InChI is InChI=1S/C12H11FIN3/c1-6-3-8(5-9(13)4-6)12-16-7(2)10(14)11(15)17-12/h3-5H,1-2H3,(H2,15,16,17). The smallest absolute Gasteiger partial charge is 0.161 e. The van der Waals surface area contributed by atoms with Crippen LogP contribution in [0.1, 0.15) is 11.3 Å². The molecule has 3 nitrogen and oxygen atoms in total. The summed E-state index contributed by atoms with van der Waals surface area (Å²) in [4.78, 5) is 8.50. The van der Waals surface area contributed by atoms with Gasteiger partial charge in [-0.05, 0) is 60.2 Å². The van der Waals surface area contributed by atoms with Gasteiger partial charge in [0.15, 0.2) is 5.82 Å². The molecule has 2 aromatic rings. The molecule has 0 atom stereocenters. The molecular weight excluding hydrogens is 332 g/mol. The maximum Gasteiger partial charge on any atom is 0.161 e. The average molecular weight is 343 g/mol. The van der Waals surface area contributed by atoms with E-state index in [9.17, 15) is 4.39 Å². The van der Waals surface area contributed by atoms with Crippen LogP contribution in [-0.2, 0) is 0 Å². The SMILES string of the molecule is Cc1cc(F)cc(-c2nc(C)c(I)c(N)n2)c1. The van der Waals surface area contributed by atoms with Gasteiger partial charge in [0.05, 0.1) is 9.26 Å². The van der Waals surface area contributed by atoms with Crippen LogP contribution in [0.5, 0.6) is 0 Å². The molecule has 0 spiro atoms. The van der Waals surface area contributed by atoms with Gasteiger partial charge in [0.1, 0.15) is 11.6 Å². The predicted molar refractivity (Wildman–Crippen MR) is 74.0 cm³/mol. The lowest BCUT2D eigenvalue weighted by molar-refractivity contribution is 0.627. The highest BCUT2D eigenvalue weighted by Crippen LogP contribution is 2.23. The lowest BCUT2D eigenvalue weighted by atomic mass is 10.1. The minimum atomic E-state index is -0.293. The molecule has 0 bridgehead atoms. The first-order valence-electron chi connectivity index (χ1n) is 5.04. The van der Waals surface area contributed by atoms with Gasteiger partial charge in [-0.25, -0.2) is 14.4 Å². The van der Waals surface area contributed by atoms with E-state index in [2.05, 4.69) is 32.6 Å². The molecule has 1 heterocycles. The van der Waals surface area contributed by atoms with Crippen molar-refractivity contribution < 1.29 is 4.39 Å². The van der Waals surface area contributed by atoms with Crippen molar-refractivity contribution in [2.24, 2.45) is 0 Å². The largest absolute Gasteiger partial charge is 0.383 e. The second-order valence-electron chi connectivity index (χ2n) is 3.85. The summed E-state index contributed by atoms with van der Waals surface area (Å²) in [6, 6.07) is 4.71. The van der Waals surface area contributed by atoms with E-state index in [1.54, 1.807) is 0 Å². The van der Waals surface area contributed by atoms with Crippen molar-refractivity contribution in [3.63, 3.8) is 0 Å². The lowest BCUT2D eigenvalue weighted by Gasteiger charge is -2.06. The number of halogens is 2. The van der Waals surface area contributed by atoms with Crippen LogP contribution in [0.2, 0.25) is 0 Å². The van der Waals surface area contributed by atoms with Gasteiger partial charge in [0.2, 0.25) is 0 Å². The number of anilines is 1. The molecular formula is C12H11FIN3. The minimum absolute atomic E-state index is 0.293. The van der Waals surface area contributed by atoms with Crippen molar-refractivity contribution in [3.05, 3.63) is 38.8 Å². The summed E-state index contributed by atoms with van der Waals surface area (Å²) in [5.74, 6) is 0.594. The molecule has 0 aliphatic rings. The summed E-state index contributed by atoms with van der Waals surface area (Å²) < 4.78 is 14.1. The molecule has 0 unspecified atom stereocenters. The molecule has 0 amide bonds. The number of nitrogens with zero attached hydrogens (tertiary/aromatic N) is 2. The number of hydrogen-bond acceptors (Lipinski definition) is 3. The normalized spacial score (nSPS) is 10.6. The van der Waals surface area contributed by atoms with Crippen LogP contribution in [0.25, 0.3) is 11.4 Å². The fourth-order valence-electron chi connectivity index (χ4n) is 1.58. The summed E-state index contributed by atoms with van der Waals surface area (Å²) in [6.45, 7) is 3.69. The quantitative estimate of drug-likeness (QED) is 0.810. The van der Waals surface area contributed by atoms with Gasteiger partial charge in [0, 0.05) is 5.56 Å². The van der Waals surface area contributed by atoms with E-state index in [0.717, 1.165) is 14.8 Å². The molecule has 1 aromatic carbocycles. The first kappa shape index (κ1) is 12.2. The molecule has 5 heteroatoms. The van der Waals surface area contributed by atoms with Gasteiger partial charge >= 0.3 is 0 Å². The molecule has 1 aromatic heterocycles. The molecule has 0 saturated carbocycles. The third kappa shape index (κ3) is 2.54. The van der Waals surface area contributed by atoms with E-state index in [0.29, 0.717) is 17.2 Å². The third-order valence-corrected chi connectivity index (χ3v) is 3.68. The van der Waals surface area contributed by atoms with E-state index in [-0.39, 0.29) is 5.82 Å². The Labute approximate surface area is 112 Å². The Balaban J connectivity index is 2.60. The van der Waals surface area contributed by atoms with Crippen molar-refractivity contribution >= 4 is 28.4 Å². The maximum atomic E-state index is 13.3. The van der Waals surface area contributed by atoms with Crippen LogP contribution >= 0.6 is 22.6 Å². The number of aryl methyl sites for hydroxylation is 2. The summed E-state index contributed by atoms with van der Waals surface area (Å²) in [7, 11) is 0. The highest BCUT2D eigenvalue weighted by Gasteiger charge is 2.09. The van der Waals surface area contributed by atoms with E-state index in [1.165, 1.54) is 12.1 Å². The maximum absolute atomic E-state index is 13.3. The van der Waals surface area contributed by atoms with Crippen molar-refractivity contribution in [1.82, 2.24) is 9.97 Å². The molecule has 0 saturated heterocycles. The summed E-state index contributed by atoms with van der Waals surface area (Å²) in [5.41, 5.74) is 8.06. The Morgan fingerprint density at radius 3 is 2.47 bits per heavy atom. The zero-order valence-corrected chi connectivity index (χ0v) is 11.6. The van der Waals surface area contributed by atoms with E-state index in [1.807, 2.05) is 19.9 Å². The van der Waals surface area contributed by atoms with Gasteiger partial charge in [-0.2, -0.15) is 0 Å². The van der Waals surface area contributed by atoms with Crippen LogP contribution in [0.4, 0.5) is 10.2 Å². The van der Waals surface area contributed by atoms with Crippen molar-refractivity contribution in [2.45, 2.75) is 13.8 Å². The van der Waals surface area contributed by atoms with E-state index >= 15 is 0 Å². The van der Waals surface area contributed by atoms with Crippen LogP contribution in [0, 0.1) is 23.2 Å². The first-order chi connectivity index (χ1) is 7.97. The Kier molecular flexibility index (Phi) is 3.28. The predicted octanol–water partition coefficient (Wildman–Crippen LogP) is 3.09. The van der Waals surface area contributed by atoms with E-state index in [4.69, 9.17) is 5.73 Å². The monoisotopic (exact) mass is 343 g/mol. The van der Waals surface area contributed by atoms with Crippen molar-refractivity contribution in [2.75, 3.05) is 5.73 Å². The molecule has 0 aliphatic carbocycles. The number of rotatable bonds is 1. The van der Waals surface area contributed by atoms with Crippen LogP contribution < -0.4 is 5.73 Å². The Morgan fingerprint density at radius 1 is 1.18 bits per heavy atom. The zero-order valence-electron chi connectivity index (χ0n) is 9.46. The van der Waals surface area contributed by atoms with Gasteiger partial charge in [0.25, 0.3) is 0 Å². The first-order valence-corrected chi connectivity index (χ1v) is 6.12. The summed E-state index contributed by atoms with van der Waals surface area (Å²) in [5, 5.41) is 0. The molecule has 0 aliphatic heterocycles.